The van der Waals surface area contributed by atoms with Crippen molar-refractivity contribution in [1.29, 1.82) is 0 Å². The molecule has 4 aliphatic rings. The number of hydrogen-bond donors (Lipinski definition) is 3. The normalized spacial score (nSPS) is 28.6. The van der Waals surface area contributed by atoms with Gasteiger partial charge in [-0.2, -0.15) is 0 Å². The van der Waals surface area contributed by atoms with Crippen LogP contribution in [0, 0.1) is 0 Å². The summed E-state index contributed by atoms with van der Waals surface area (Å²) in [6.45, 7) is 2.38. The minimum absolute atomic E-state index is 0.128. The number of aromatic nitrogens is 1. The smallest absolute Gasteiger partial charge is 0.256 e. The number of amides is 4. The van der Waals surface area contributed by atoms with Gasteiger partial charge >= 0.3 is 0 Å². The molecule has 4 amide bonds. The number of hydrogen-bond acceptors (Lipinski definition) is 7. The van der Waals surface area contributed by atoms with Gasteiger partial charge in [-0.3, -0.25) is 29.4 Å². The highest BCUT2D eigenvalue weighted by atomic mass is 16.2. The molecule has 3 atom stereocenters. The third-order valence-electron chi connectivity index (χ3n) is 6.19. The van der Waals surface area contributed by atoms with Crippen molar-refractivity contribution in [1.82, 2.24) is 25.4 Å². The van der Waals surface area contributed by atoms with Crippen LogP contribution in [-0.4, -0.2) is 76.2 Å². The summed E-state index contributed by atoms with van der Waals surface area (Å²) in [4.78, 5) is 56.4. The summed E-state index contributed by atoms with van der Waals surface area (Å²) in [5.41, 5.74) is 1.14. The number of fused-ring (bicyclic) bond motifs is 3. The molecule has 2 bridgehead atoms. The van der Waals surface area contributed by atoms with Gasteiger partial charge < -0.3 is 15.5 Å². The van der Waals surface area contributed by atoms with E-state index in [0.717, 1.165) is 25.1 Å². The largest absolute Gasteiger partial charge is 0.322 e. The van der Waals surface area contributed by atoms with Crippen LogP contribution in [0.5, 0.6) is 0 Å². The lowest BCUT2D eigenvalue weighted by atomic mass is 10.0. The Kier molecular flexibility index (Phi) is 4.32. The van der Waals surface area contributed by atoms with Crippen LogP contribution in [0.3, 0.4) is 0 Å². The number of carbonyl (C=O) groups excluding carboxylic acids is 4. The van der Waals surface area contributed by atoms with Crippen LogP contribution >= 0.6 is 0 Å². The molecule has 0 radical (unpaired) electrons. The SMILES string of the molecule is O=C1CCC(N2Cc3cc(NC(=O)CN4C[C@@H]5C[C@H]4CN5)ncc3C2=O)C(=O)N1. The lowest BCUT2D eigenvalue weighted by Crippen LogP contribution is -2.52. The fourth-order valence-corrected chi connectivity index (χ4v) is 4.74. The monoisotopic (exact) mass is 398 g/mol. The van der Waals surface area contributed by atoms with Gasteiger partial charge in [0.05, 0.1) is 12.1 Å². The molecular formula is C19H22N6O4. The first-order chi connectivity index (χ1) is 14.0. The molecule has 3 saturated heterocycles. The quantitative estimate of drug-likeness (QED) is 0.546. The number of likely N-dealkylation sites (tertiary alicyclic amines) is 1. The third-order valence-corrected chi connectivity index (χ3v) is 6.19. The molecule has 5 rings (SSSR count). The molecule has 10 nitrogen and oxygen atoms in total. The second kappa shape index (κ2) is 6.89. The second-order valence-electron chi connectivity index (χ2n) is 8.10. The van der Waals surface area contributed by atoms with E-state index in [1.807, 2.05) is 0 Å². The van der Waals surface area contributed by atoms with Gasteiger partial charge in [0.1, 0.15) is 11.9 Å². The van der Waals surface area contributed by atoms with E-state index in [1.165, 1.54) is 11.1 Å². The van der Waals surface area contributed by atoms with E-state index in [4.69, 9.17) is 0 Å². The average Bonchev–Trinajstić information content (AvgIpc) is 3.37. The summed E-state index contributed by atoms with van der Waals surface area (Å²) in [5.74, 6) is -0.770. The molecule has 29 heavy (non-hydrogen) atoms. The maximum Gasteiger partial charge on any atom is 0.256 e. The molecular weight excluding hydrogens is 376 g/mol. The van der Waals surface area contributed by atoms with Crippen LogP contribution in [-0.2, 0) is 20.9 Å². The van der Waals surface area contributed by atoms with Crippen LogP contribution in [0.4, 0.5) is 5.82 Å². The highest BCUT2D eigenvalue weighted by molar-refractivity contribution is 6.05. The molecule has 0 spiro atoms. The van der Waals surface area contributed by atoms with Crippen LogP contribution in [0.15, 0.2) is 12.3 Å². The third kappa shape index (κ3) is 3.28. The Morgan fingerprint density at radius 1 is 1.31 bits per heavy atom. The van der Waals surface area contributed by atoms with E-state index in [0.29, 0.717) is 36.4 Å². The molecule has 10 heteroatoms. The standard InChI is InChI=1S/C19H22N6O4/c26-16-2-1-14(18(28)23-16)25-7-10-3-15(21-6-13(10)19(25)29)22-17(27)9-24-8-11-4-12(24)5-20-11/h3,6,11-12,14,20H,1-2,4-5,7-9H2,(H,21,22,27)(H,23,26,28)/t11-,12-,14?/m0/s1. The van der Waals surface area contributed by atoms with Gasteiger partial charge in [-0.15, -0.1) is 0 Å². The summed E-state index contributed by atoms with van der Waals surface area (Å²) in [7, 11) is 0. The molecule has 5 heterocycles. The first-order valence-electron chi connectivity index (χ1n) is 9.89. The summed E-state index contributed by atoms with van der Waals surface area (Å²) >= 11 is 0. The Morgan fingerprint density at radius 3 is 2.90 bits per heavy atom. The number of anilines is 1. The van der Waals surface area contributed by atoms with Crippen LogP contribution < -0.4 is 16.0 Å². The minimum Gasteiger partial charge on any atom is -0.322 e. The van der Waals surface area contributed by atoms with E-state index in [2.05, 4.69) is 25.8 Å². The van der Waals surface area contributed by atoms with Crippen molar-refractivity contribution in [3.05, 3.63) is 23.4 Å². The van der Waals surface area contributed by atoms with Gasteiger partial charge in [0, 0.05) is 44.3 Å². The topological polar surface area (TPSA) is 124 Å². The van der Waals surface area contributed by atoms with E-state index in [-0.39, 0.29) is 30.7 Å². The summed E-state index contributed by atoms with van der Waals surface area (Å²) in [5, 5.41) is 8.51. The lowest BCUT2D eigenvalue weighted by Gasteiger charge is -2.29. The predicted octanol–water partition coefficient (Wildman–Crippen LogP) is -1.17. The summed E-state index contributed by atoms with van der Waals surface area (Å²) in [6.07, 6.45) is 3.06. The Labute approximate surface area is 167 Å². The van der Waals surface area contributed by atoms with Crippen molar-refractivity contribution in [2.45, 2.75) is 43.9 Å². The van der Waals surface area contributed by atoms with Crippen LogP contribution in [0.1, 0.15) is 35.2 Å². The molecule has 0 aromatic carbocycles. The number of imide groups is 1. The van der Waals surface area contributed by atoms with Gasteiger partial charge in [0.25, 0.3) is 5.91 Å². The molecule has 1 aromatic heterocycles. The number of rotatable bonds is 4. The highest BCUT2D eigenvalue weighted by Gasteiger charge is 2.40. The van der Waals surface area contributed by atoms with Gasteiger partial charge in [0.2, 0.25) is 17.7 Å². The van der Waals surface area contributed by atoms with Gasteiger partial charge in [-0.1, -0.05) is 0 Å². The zero-order valence-electron chi connectivity index (χ0n) is 15.8. The lowest BCUT2D eigenvalue weighted by molar-refractivity contribution is -0.137. The number of piperidine rings is 1. The number of pyridine rings is 1. The van der Waals surface area contributed by atoms with E-state index in [9.17, 15) is 19.2 Å². The first-order valence-corrected chi connectivity index (χ1v) is 9.89. The first kappa shape index (κ1) is 18.2. The maximum atomic E-state index is 12.7. The minimum atomic E-state index is -0.662. The molecule has 0 aliphatic carbocycles. The summed E-state index contributed by atoms with van der Waals surface area (Å²) in [6, 6.07) is 1.92. The molecule has 1 aromatic rings. The number of nitrogens with zero attached hydrogens (tertiary/aromatic N) is 3. The molecule has 1 unspecified atom stereocenters. The van der Waals surface area contributed by atoms with E-state index >= 15 is 0 Å². The second-order valence-corrected chi connectivity index (χ2v) is 8.10. The zero-order chi connectivity index (χ0) is 20.1. The maximum absolute atomic E-state index is 12.7. The van der Waals surface area contributed by atoms with Gasteiger partial charge in [-0.25, -0.2) is 4.98 Å². The molecule has 3 fully saturated rings. The zero-order valence-corrected chi connectivity index (χ0v) is 15.8. The number of carbonyl (C=O) groups is 4. The fourth-order valence-electron chi connectivity index (χ4n) is 4.74. The fraction of sp³-hybridized carbons (Fsp3) is 0.526. The Morgan fingerprint density at radius 2 is 2.17 bits per heavy atom. The van der Waals surface area contributed by atoms with Gasteiger partial charge in [0.15, 0.2) is 0 Å². The molecule has 152 valence electrons. The van der Waals surface area contributed by atoms with Crippen molar-refractivity contribution in [3.63, 3.8) is 0 Å². The van der Waals surface area contributed by atoms with Crippen LogP contribution in [0.25, 0.3) is 0 Å². The summed E-state index contributed by atoms with van der Waals surface area (Å²) < 4.78 is 0. The van der Waals surface area contributed by atoms with E-state index in [1.54, 1.807) is 6.07 Å². The molecule has 0 saturated carbocycles. The van der Waals surface area contributed by atoms with Crippen molar-refractivity contribution in [2.24, 2.45) is 0 Å². The van der Waals surface area contributed by atoms with E-state index < -0.39 is 11.9 Å². The van der Waals surface area contributed by atoms with Crippen molar-refractivity contribution >= 4 is 29.4 Å². The van der Waals surface area contributed by atoms with Crippen LogP contribution in [0.2, 0.25) is 0 Å². The van der Waals surface area contributed by atoms with Crippen molar-refractivity contribution < 1.29 is 19.2 Å². The molecule has 3 N–H and O–H groups in total. The predicted molar refractivity (Wildman–Crippen MR) is 101 cm³/mol. The Bertz CT molecular complexity index is 918. The van der Waals surface area contributed by atoms with Gasteiger partial charge in [-0.05, 0) is 24.5 Å². The Hall–Kier alpha value is -2.85. The molecule has 4 aliphatic heterocycles. The Balaban J connectivity index is 1.24. The van der Waals surface area contributed by atoms with Crippen molar-refractivity contribution in [3.8, 4) is 0 Å². The highest BCUT2D eigenvalue weighted by Crippen LogP contribution is 2.28. The number of piperazine rings is 1. The number of nitrogens with one attached hydrogen (secondary N) is 3. The average molecular weight is 398 g/mol. The van der Waals surface area contributed by atoms with Crippen molar-refractivity contribution in [2.75, 3.05) is 25.0 Å².